The lowest BCUT2D eigenvalue weighted by atomic mass is 10.1. The molecule has 0 aromatic carbocycles. The molecular formula is C8H16O5. The van der Waals surface area contributed by atoms with Crippen LogP contribution in [-0.4, -0.2) is 52.6 Å². The van der Waals surface area contributed by atoms with Gasteiger partial charge in [0.25, 0.3) is 0 Å². The van der Waals surface area contributed by atoms with Gasteiger partial charge in [-0.25, -0.2) is 0 Å². The van der Waals surface area contributed by atoms with Crippen LogP contribution in [0.2, 0.25) is 0 Å². The molecule has 0 radical (unpaired) electrons. The van der Waals surface area contributed by atoms with Crippen LogP contribution in [0.15, 0.2) is 0 Å². The molecule has 1 aliphatic heterocycles. The van der Waals surface area contributed by atoms with Crippen LogP contribution in [0, 0.1) is 0 Å². The van der Waals surface area contributed by atoms with Crippen molar-refractivity contribution < 1.29 is 24.8 Å². The van der Waals surface area contributed by atoms with Crippen LogP contribution in [0.25, 0.3) is 0 Å². The van der Waals surface area contributed by atoms with Crippen LogP contribution in [0.1, 0.15) is 13.8 Å². The number of rotatable bonds is 2. The summed E-state index contributed by atoms with van der Waals surface area (Å²) in [4.78, 5) is 0. The summed E-state index contributed by atoms with van der Waals surface area (Å²) in [6.07, 6.45) is -4.37. The number of aliphatic hydroxyl groups is 3. The van der Waals surface area contributed by atoms with Gasteiger partial charge < -0.3 is 24.8 Å². The third-order valence-electron chi connectivity index (χ3n) is 1.86. The van der Waals surface area contributed by atoms with Crippen molar-refractivity contribution >= 4 is 0 Å². The Kier molecular flexibility index (Phi) is 3.63. The van der Waals surface area contributed by atoms with Crippen LogP contribution >= 0.6 is 0 Å². The van der Waals surface area contributed by atoms with Gasteiger partial charge in [0.15, 0.2) is 6.29 Å². The molecule has 1 fully saturated rings. The second kappa shape index (κ2) is 4.34. The van der Waals surface area contributed by atoms with E-state index < -0.39 is 24.6 Å². The van der Waals surface area contributed by atoms with Gasteiger partial charge in [-0.2, -0.15) is 0 Å². The van der Waals surface area contributed by atoms with E-state index in [1.54, 1.807) is 13.8 Å². The fourth-order valence-electron chi connectivity index (χ4n) is 1.17. The molecule has 5 heteroatoms. The van der Waals surface area contributed by atoms with Gasteiger partial charge in [-0.3, -0.25) is 0 Å². The van der Waals surface area contributed by atoms with Gasteiger partial charge in [-0.05, 0) is 13.8 Å². The minimum Gasteiger partial charge on any atom is -0.388 e. The lowest BCUT2D eigenvalue weighted by Crippen LogP contribution is -2.54. The Hall–Kier alpha value is -0.200. The molecule has 0 aromatic rings. The number of hydrogen-bond acceptors (Lipinski definition) is 5. The third kappa shape index (κ3) is 2.62. The Morgan fingerprint density at radius 3 is 2.38 bits per heavy atom. The lowest BCUT2D eigenvalue weighted by Gasteiger charge is -2.35. The van der Waals surface area contributed by atoms with E-state index >= 15 is 0 Å². The smallest absolute Gasteiger partial charge is 0.186 e. The molecule has 1 saturated heterocycles. The monoisotopic (exact) mass is 192 g/mol. The Labute approximate surface area is 76.9 Å². The minimum absolute atomic E-state index is 0.0182. The van der Waals surface area contributed by atoms with Crippen molar-refractivity contribution in [1.29, 1.82) is 0 Å². The highest BCUT2D eigenvalue weighted by molar-refractivity contribution is 4.82. The zero-order valence-corrected chi connectivity index (χ0v) is 7.75. The van der Waals surface area contributed by atoms with Gasteiger partial charge in [0.2, 0.25) is 0 Å². The second-order valence-corrected chi connectivity index (χ2v) is 3.44. The highest BCUT2D eigenvalue weighted by atomic mass is 16.7. The molecule has 4 atom stereocenters. The zero-order valence-electron chi connectivity index (χ0n) is 7.75. The Morgan fingerprint density at radius 2 is 1.85 bits per heavy atom. The zero-order chi connectivity index (χ0) is 10.0. The fraction of sp³-hybridized carbons (Fsp3) is 1.00. The number of ether oxygens (including phenoxy) is 2. The minimum atomic E-state index is -1.20. The Bertz CT molecular complexity index is 161. The van der Waals surface area contributed by atoms with Crippen molar-refractivity contribution in [3.63, 3.8) is 0 Å². The highest BCUT2D eigenvalue weighted by Gasteiger charge is 2.38. The van der Waals surface area contributed by atoms with Gasteiger partial charge in [-0.1, -0.05) is 0 Å². The second-order valence-electron chi connectivity index (χ2n) is 3.44. The van der Waals surface area contributed by atoms with Gasteiger partial charge in [0.1, 0.15) is 18.3 Å². The van der Waals surface area contributed by atoms with Gasteiger partial charge in [0, 0.05) is 0 Å². The normalized spacial score (nSPS) is 41.1. The molecule has 78 valence electrons. The quantitative estimate of drug-likeness (QED) is 0.515. The molecule has 1 aliphatic rings. The average Bonchev–Trinajstić information content (AvgIpc) is 2.06. The maximum Gasteiger partial charge on any atom is 0.186 e. The van der Waals surface area contributed by atoms with Crippen molar-refractivity contribution in [2.45, 2.75) is 44.6 Å². The lowest BCUT2D eigenvalue weighted by molar-refractivity contribution is -0.278. The molecule has 1 rings (SSSR count). The SMILES string of the molecule is CC(C)O[C@@H]1OC[C@@H](O)[C@H](O)[C@H]1O. The fourth-order valence-corrected chi connectivity index (χ4v) is 1.17. The van der Waals surface area contributed by atoms with E-state index in [1.165, 1.54) is 0 Å². The third-order valence-corrected chi connectivity index (χ3v) is 1.86. The van der Waals surface area contributed by atoms with Gasteiger partial charge in [0.05, 0.1) is 12.7 Å². The summed E-state index contributed by atoms with van der Waals surface area (Å²) in [5.74, 6) is 0. The van der Waals surface area contributed by atoms with E-state index in [1.807, 2.05) is 0 Å². The first kappa shape index (κ1) is 10.9. The molecular weight excluding hydrogens is 176 g/mol. The van der Waals surface area contributed by atoms with E-state index in [0.717, 1.165) is 0 Å². The molecule has 0 aromatic heterocycles. The molecule has 0 spiro atoms. The van der Waals surface area contributed by atoms with Crippen molar-refractivity contribution in [3.05, 3.63) is 0 Å². The summed E-state index contributed by atoms with van der Waals surface area (Å²) in [5.41, 5.74) is 0. The topological polar surface area (TPSA) is 79.2 Å². The summed E-state index contributed by atoms with van der Waals surface area (Å²) >= 11 is 0. The first-order chi connectivity index (χ1) is 6.02. The van der Waals surface area contributed by atoms with E-state index in [-0.39, 0.29) is 12.7 Å². The van der Waals surface area contributed by atoms with Gasteiger partial charge in [-0.15, -0.1) is 0 Å². The molecule has 0 amide bonds. The largest absolute Gasteiger partial charge is 0.388 e. The summed E-state index contributed by atoms with van der Waals surface area (Å²) in [5, 5.41) is 27.8. The standard InChI is InChI=1S/C8H16O5/c1-4(2)13-8-7(11)6(10)5(9)3-12-8/h4-11H,3H2,1-2H3/t5-,6+,7-,8+/m1/s1. The average molecular weight is 192 g/mol. The van der Waals surface area contributed by atoms with Crippen LogP contribution in [0.4, 0.5) is 0 Å². The van der Waals surface area contributed by atoms with E-state index in [2.05, 4.69) is 0 Å². The maximum absolute atomic E-state index is 9.40. The predicted octanol–water partition coefficient (Wildman–Crippen LogP) is -1.15. The van der Waals surface area contributed by atoms with Crippen LogP contribution in [0.5, 0.6) is 0 Å². The van der Waals surface area contributed by atoms with Crippen molar-refractivity contribution in [3.8, 4) is 0 Å². The van der Waals surface area contributed by atoms with Crippen molar-refractivity contribution in [1.82, 2.24) is 0 Å². The van der Waals surface area contributed by atoms with E-state index in [9.17, 15) is 10.2 Å². The highest BCUT2D eigenvalue weighted by Crippen LogP contribution is 2.17. The Morgan fingerprint density at radius 1 is 1.23 bits per heavy atom. The van der Waals surface area contributed by atoms with Crippen LogP contribution in [-0.2, 0) is 9.47 Å². The molecule has 5 nitrogen and oxygen atoms in total. The van der Waals surface area contributed by atoms with E-state index in [4.69, 9.17) is 14.6 Å². The first-order valence-electron chi connectivity index (χ1n) is 4.33. The molecule has 0 bridgehead atoms. The van der Waals surface area contributed by atoms with Crippen LogP contribution < -0.4 is 0 Å². The number of aliphatic hydroxyl groups excluding tert-OH is 3. The summed E-state index contributed by atoms with van der Waals surface area (Å²) in [6, 6.07) is 0. The maximum atomic E-state index is 9.40. The molecule has 13 heavy (non-hydrogen) atoms. The number of hydrogen-bond donors (Lipinski definition) is 3. The molecule has 1 heterocycles. The summed E-state index contributed by atoms with van der Waals surface area (Å²) in [6.45, 7) is 3.58. The van der Waals surface area contributed by atoms with Crippen molar-refractivity contribution in [2.75, 3.05) is 6.61 Å². The Balaban J connectivity index is 2.48. The summed E-state index contributed by atoms with van der Waals surface area (Å²) in [7, 11) is 0. The summed E-state index contributed by atoms with van der Waals surface area (Å²) < 4.78 is 10.2. The van der Waals surface area contributed by atoms with Crippen LogP contribution in [0.3, 0.4) is 0 Å². The molecule has 3 N–H and O–H groups in total. The van der Waals surface area contributed by atoms with E-state index in [0.29, 0.717) is 0 Å². The molecule has 0 saturated carbocycles. The molecule has 0 aliphatic carbocycles. The predicted molar refractivity (Wildman–Crippen MR) is 44.0 cm³/mol. The van der Waals surface area contributed by atoms with Gasteiger partial charge >= 0.3 is 0 Å². The van der Waals surface area contributed by atoms with Crippen molar-refractivity contribution in [2.24, 2.45) is 0 Å². The molecule has 0 unspecified atom stereocenters. The first-order valence-corrected chi connectivity index (χ1v) is 4.33.